The Balaban J connectivity index is 1.60. The minimum absolute atomic E-state index is 0.166. The Kier molecular flexibility index (Phi) is 6.90. The minimum atomic E-state index is -0.630. The highest BCUT2D eigenvalue weighted by Crippen LogP contribution is 2.23. The fraction of sp³-hybridized carbons (Fsp3) is 0.333. The van der Waals surface area contributed by atoms with E-state index in [1.165, 1.54) is 19.4 Å². The van der Waals surface area contributed by atoms with Crippen molar-refractivity contribution >= 4 is 35.0 Å². The minimum Gasteiger partial charge on any atom is -0.466 e. The molecule has 148 valence electrons. The maximum absolute atomic E-state index is 14.3. The Morgan fingerprint density at radius 2 is 2.21 bits per heavy atom. The molecule has 0 radical (unpaired) electrons. The second-order valence-corrected chi connectivity index (χ2v) is 7.01. The molecule has 10 heteroatoms. The van der Waals surface area contributed by atoms with Gasteiger partial charge in [-0.1, -0.05) is 12.1 Å². The van der Waals surface area contributed by atoms with Crippen LogP contribution < -0.4 is 5.32 Å². The summed E-state index contributed by atoms with van der Waals surface area (Å²) in [7, 11) is 1.22. The number of halogens is 1. The molecule has 1 aromatic carbocycles. The highest BCUT2D eigenvalue weighted by molar-refractivity contribution is 8.18. The van der Waals surface area contributed by atoms with Gasteiger partial charge >= 0.3 is 5.97 Å². The van der Waals surface area contributed by atoms with Crippen LogP contribution >= 0.6 is 11.8 Å². The molecule has 8 nitrogen and oxygen atoms in total. The second-order valence-electron chi connectivity index (χ2n) is 5.98. The summed E-state index contributed by atoms with van der Waals surface area (Å²) in [5, 5.41) is 10.4. The van der Waals surface area contributed by atoms with E-state index in [1.807, 2.05) is 0 Å². The number of carbonyl (C=O) groups is 2. The summed E-state index contributed by atoms with van der Waals surface area (Å²) in [4.78, 5) is 25.2. The van der Waals surface area contributed by atoms with E-state index in [2.05, 4.69) is 25.2 Å². The van der Waals surface area contributed by atoms with Crippen LogP contribution in [-0.2, 0) is 25.6 Å². The fourth-order valence-corrected chi connectivity index (χ4v) is 3.30. The van der Waals surface area contributed by atoms with Gasteiger partial charge in [-0.3, -0.25) is 15.0 Å². The van der Waals surface area contributed by atoms with Gasteiger partial charge in [-0.15, -0.1) is 5.10 Å². The van der Waals surface area contributed by atoms with Gasteiger partial charge in [0.05, 0.1) is 31.4 Å². The van der Waals surface area contributed by atoms with E-state index < -0.39 is 11.9 Å². The number of methoxy groups -OCH3 is 1. The third-order valence-electron chi connectivity index (χ3n) is 4.03. The number of esters is 1. The molecule has 0 unspecified atom stereocenters. The number of thioether (sulfide) groups is 1. The molecule has 1 aromatic rings. The van der Waals surface area contributed by atoms with Gasteiger partial charge in [-0.05, 0) is 23.4 Å². The van der Waals surface area contributed by atoms with Gasteiger partial charge < -0.3 is 9.47 Å². The molecule has 0 spiro atoms. The Hall–Kier alpha value is -2.56. The summed E-state index contributed by atoms with van der Waals surface area (Å²) < 4.78 is 24.1. The van der Waals surface area contributed by atoms with Crippen molar-refractivity contribution in [2.24, 2.45) is 10.2 Å². The summed E-state index contributed by atoms with van der Waals surface area (Å²) in [6, 6.07) is 4.87. The third-order valence-corrected chi connectivity index (χ3v) is 4.93. The van der Waals surface area contributed by atoms with Crippen molar-refractivity contribution in [2.45, 2.75) is 6.54 Å². The lowest BCUT2D eigenvalue weighted by atomic mass is 10.1. The first-order chi connectivity index (χ1) is 13.5. The Morgan fingerprint density at radius 1 is 1.43 bits per heavy atom. The maximum atomic E-state index is 14.3. The first kappa shape index (κ1) is 20.2. The van der Waals surface area contributed by atoms with Crippen molar-refractivity contribution in [1.29, 1.82) is 0 Å². The van der Waals surface area contributed by atoms with Crippen molar-refractivity contribution in [3.8, 4) is 0 Å². The van der Waals surface area contributed by atoms with Gasteiger partial charge in [0.2, 0.25) is 0 Å². The molecule has 1 amide bonds. The number of amidine groups is 1. The lowest BCUT2D eigenvalue weighted by molar-refractivity contribution is -0.135. The van der Waals surface area contributed by atoms with Gasteiger partial charge in [-0.2, -0.15) is 5.10 Å². The number of amides is 1. The van der Waals surface area contributed by atoms with Gasteiger partial charge in [0.15, 0.2) is 5.17 Å². The summed E-state index contributed by atoms with van der Waals surface area (Å²) >= 11 is 0.969. The van der Waals surface area contributed by atoms with Crippen molar-refractivity contribution in [2.75, 3.05) is 33.4 Å². The fourth-order valence-electron chi connectivity index (χ4n) is 2.56. The van der Waals surface area contributed by atoms with Crippen LogP contribution in [0.5, 0.6) is 0 Å². The molecule has 0 bridgehead atoms. The van der Waals surface area contributed by atoms with Crippen LogP contribution in [0.25, 0.3) is 0 Å². The summed E-state index contributed by atoms with van der Waals surface area (Å²) in [6.45, 7) is 3.44. The normalized spacial score (nSPS) is 20.9. The van der Waals surface area contributed by atoms with E-state index in [-0.39, 0.29) is 15.9 Å². The van der Waals surface area contributed by atoms with E-state index in [1.54, 1.807) is 12.1 Å². The molecule has 28 heavy (non-hydrogen) atoms. The first-order valence-corrected chi connectivity index (χ1v) is 9.35. The number of carbonyl (C=O) groups excluding carboxylic acids is 2. The number of hydrogen-bond acceptors (Lipinski definition) is 8. The van der Waals surface area contributed by atoms with Crippen LogP contribution in [0, 0.1) is 5.82 Å². The highest BCUT2D eigenvalue weighted by Gasteiger charge is 2.25. The third kappa shape index (κ3) is 5.47. The molecule has 2 aliphatic heterocycles. The lowest BCUT2D eigenvalue weighted by Crippen LogP contribution is -2.35. The SMILES string of the molecule is COC(=O)/C=C1/S/C(=N\N=Cc2ccc(CN3CCOCC3)c(F)c2)NC1=O. The van der Waals surface area contributed by atoms with Gasteiger partial charge in [0.25, 0.3) is 5.91 Å². The van der Waals surface area contributed by atoms with E-state index >= 15 is 0 Å². The van der Waals surface area contributed by atoms with E-state index in [0.29, 0.717) is 30.9 Å². The zero-order chi connectivity index (χ0) is 19.9. The zero-order valence-corrected chi connectivity index (χ0v) is 16.0. The summed E-state index contributed by atoms with van der Waals surface area (Å²) in [5.74, 6) is -1.40. The molecule has 0 atom stereocenters. The molecular weight excluding hydrogens is 387 g/mol. The van der Waals surface area contributed by atoms with Crippen molar-refractivity contribution in [3.05, 3.63) is 46.1 Å². The summed E-state index contributed by atoms with van der Waals surface area (Å²) in [6.07, 6.45) is 2.47. The van der Waals surface area contributed by atoms with E-state index in [4.69, 9.17) is 4.74 Å². The van der Waals surface area contributed by atoms with Gasteiger partial charge in [0.1, 0.15) is 5.82 Å². The molecule has 0 aromatic heterocycles. The van der Waals surface area contributed by atoms with E-state index in [9.17, 15) is 14.0 Å². The molecule has 3 rings (SSSR count). The smallest absolute Gasteiger partial charge is 0.331 e. The van der Waals surface area contributed by atoms with Crippen LogP contribution in [0.2, 0.25) is 0 Å². The molecule has 0 aliphatic carbocycles. The van der Waals surface area contributed by atoms with Crippen LogP contribution in [0.15, 0.2) is 39.4 Å². The summed E-state index contributed by atoms with van der Waals surface area (Å²) in [5.41, 5.74) is 1.16. The van der Waals surface area contributed by atoms with Crippen LogP contribution in [-0.4, -0.2) is 61.6 Å². The number of ether oxygens (including phenoxy) is 2. The maximum Gasteiger partial charge on any atom is 0.331 e. The van der Waals surface area contributed by atoms with Gasteiger partial charge in [0, 0.05) is 31.3 Å². The predicted molar refractivity (Wildman–Crippen MR) is 103 cm³/mol. The molecule has 2 aliphatic rings. The number of nitrogens with zero attached hydrogens (tertiary/aromatic N) is 3. The first-order valence-electron chi connectivity index (χ1n) is 8.53. The number of nitrogens with one attached hydrogen (secondary N) is 1. The van der Waals surface area contributed by atoms with Crippen molar-refractivity contribution < 1.29 is 23.5 Å². The molecule has 1 N–H and O–H groups in total. The predicted octanol–water partition coefficient (Wildman–Crippen LogP) is 1.27. The highest BCUT2D eigenvalue weighted by atomic mass is 32.2. The molecular formula is C18H19FN4O4S. The van der Waals surface area contributed by atoms with E-state index in [0.717, 1.165) is 30.9 Å². The zero-order valence-electron chi connectivity index (χ0n) is 15.2. The van der Waals surface area contributed by atoms with Crippen molar-refractivity contribution in [1.82, 2.24) is 10.2 Å². The molecule has 2 heterocycles. The van der Waals surface area contributed by atoms with Crippen LogP contribution in [0.3, 0.4) is 0 Å². The number of hydrogen-bond donors (Lipinski definition) is 1. The monoisotopic (exact) mass is 406 g/mol. The number of rotatable bonds is 5. The lowest BCUT2D eigenvalue weighted by Gasteiger charge is -2.26. The molecule has 0 saturated carbocycles. The average molecular weight is 406 g/mol. The average Bonchev–Trinajstić information content (AvgIpc) is 3.04. The number of morpholine rings is 1. The standard InChI is InChI=1S/C18H19FN4O4S/c1-26-16(24)9-15-17(25)21-18(28-15)22-20-10-12-2-3-13(14(19)8-12)11-23-4-6-27-7-5-23/h2-3,8-10H,4-7,11H2,1H3,(H,21,22,25)/b15-9+,20-10?. The quantitative estimate of drug-likeness (QED) is 0.343. The topological polar surface area (TPSA) is 92.6 Å². The van der Waals surface area contributed by atoms with Crippen LogP contribution in [0.1, 0.15) is 11.1 Å². The second kappa shape index (κ2) is 9.58. The number of benzene rings is 1. The molecule has 2 saturated heterocycles. The Labute approximate surface area is 165 Å². The van der Waals surface area contributed by atoms with Crippen LogP contribution in [0.4, 0.5) is 4.39 Å². The Morgan fingerprint density at radius 3 is 2.93 bits per heavy atom. The van der Waals surface area contributed by atoms with Gasteiger partial charge in [-0.25, -0.2) is 9.18 Å². The molecule has 2 fully saturated rings. The largest absolute Gasteiger partial charge is 0.466 e. The Bertz CT molecular complexity index is 850. The van der Waals surface area contributed by atoms with Crippen molar-refractivity contribution in [3.63, 3.8) is 0 Å².